The van der Waals surface area contributed by atoms with Crippen molar-refractivity contribution in [1.82, 2.24) is 0 Å². The summed E-state index contributed by atoms with van der Waals surface area (Å²) in [5.74, 6) is 0. The predicted molar refractivity (Wildman–Crippen MR) is 68.2 cm³/mol. The zero-order chi connectivity index (χ0) is 10.7. The van der Waals surface area contributed by atoms with Crippen molar-refractivity contribution in [3.8, 4) is 0 Å². The molecular formula is C12H12OPS+. The summed E-state index contributed by atoms with van der Waals surface area (Å²) in [7, 11) is -1.07. The van der Waals surface area contributed by atoms with Gasteiger partial charge in [0, 0.05) is 4.90 Å². The maximum absolute atomic E-state index is 11.1. The molecule has 0 saturated carbocycles. The van der Waals surface area contributed by atoms with Crippen LogP contribution in [0, 0.1) is 0 Å². The van der Waals surface area contributed by atoms with Crippen LogP contribution in [0.2, 0.25) is 0 Å². The van der Waals surface area contributed by atoms with Gasteiger partial charge in [0.25, 0.3) is 0 Å². The average Bonchev–Trinajstić information content (AvgIpc) is 2.26. The molecule has 0 amide bonds. The predicted octanol–water partition coefficient (Wildman–Crippen LogP) is 4.35. The minimum Gasteiger partial charge on any atom is -0.0742 e. The maximum Gasteiger partial charge on any atom is 0.346 e. The molecule has 0 bridgehead atoms. The van der Waals surface area contributed by atoms with Crippen molar-refractivity contribution in [2.24, 2.45) is 0 Å². The zero-order valence-electron chi connectivity index (χ0n) is 8.51. The number of rotatable bonds is 3. The largest absolute Gasteiger partial charge is 0.346 e. The zero-order valence-corrected chi connectivity index (χ0v) is 10.2. The van der Waals surface area contributed by atoms with Crippen molar-refractivity contribution in [3.05, 3.63) is 42.5 Å². The van der Waals surface area contributed by atoms with Crippen LogP contribution < -0.4 is 0 Å². The fourth-order valence-corrected chi connectivity index (χ4v) is 3.28. The molecule has 0 aliphatic rings. The van der Waals surface area contributed by atoms with E-state index in [1.807, 2.05) is 18.2 Å². The molecule has 76 valence electrons. The molecule has 2 aromatic rings. The molecule has 0 fully saturated rings. The first-order valence-electron chi connectivity index (χ1n) is 4.76. The van der Waals surface area contributed by atoms with Gasteiger partial charge in [-0.3, -0.25) is 0 Å². The molecule has 0 saturated heterocycles. The van der Waals surface area contributed by atoms with Gasteiger partial charge in [-0.1, -0.05) is 52.7 Å². The molecule has 0 spiro atoms. The molecule has 3 heteroatoms. The highest BCUT2D eigenvalue weighted by Gasteiger charge is 2.08. The van der Waals surface area contributed by atoms with Gasteiger partial charge in [0.2, 0.25) is 0 Å². The van der Waals surface area contributed by atoms with Gasteiger partial charge in [0.05, 0.1) is 0 Å². The Kier molecular flexibility index (Phi) is 3.40. The average molecular weight is 235 g/mol. The Morgan fingerprint density at radius 3 is 2.67 bits per heavy atom. The summed E-state index contributed by atoms with van der Waals surface area (Å²) >= 11 is 1.67. The summed E-state index contributed by atoms with van der Waals surface area (Å²) < 4.78 is 11.1. The van der Waals surface area contributed by atoms with Gasteiger partial charge in [0.1, 0.15) is 6.66 Å². The second-order valence-electron chi connectivity index (χ2n) is 3.38. The molecule has 0 radical (unpaired) electrons. The van der Waals surface area contributed by atoms with Crippen LogP contribution >= 0.6 is 19.6 Å². The summed E-state index contributed by atoms with van der Waals surface area (Å²) in [6.45, 7) is 1.77. The molecule has 1 unspecified atom stereocenters. The molecule has 0 aliphatic carbocycles. The van der Waals surface area contributed by atoms with Gasteiger partial charge in [-0.25, -0.2) is 0 Å². The van der Waals surface area contributed by atoms with Crippen LogP contribution in [0.4, 0.5) is 0 Å². The van der Waals surface area contributed by atoms with Gasteiger partial charge >= 0.3 is 7.80 Å². The van der Waals surface area contributed by atoms with Crippen LogP contribution in [0.1, 0.15) is 0 Å². The molecule has 2 rings (SSSR count). The lowest BCUT2D eigenvalue weighted by atomic mass is 10.1. The Balaban J connectivity index is 2.38. The molecule has 1 nitrogen and oxygen atoms in total. The Hall–Kier alpha value is -0.850. The van der Waals surface area contributed by atoms with E-state index >= 15 is 0 Å². The summed E-state index contributed by atoms with van der Waals surface area (Å²) in [4.78, 5) is 1.22. The summed E-state index contributed by atoms with van der Waals surface area (Å²) in [6, 6.07) is 14.5. The Bertz CT molecular complexity index is 490. The summed E-state index contributed by atoms with van der Waals surface area (Å²) in [5, 5.41) is 2.50. The molecule has 0 aliphatic heterocycles. The lowest BCUT2D eigenvalue weighted by molar-refractivity contribution is 0.594. The SMILES string of the molecule is C[P+](=O)CSc1cccc2ccccc12. The number of hydrogen-bond donors (Lipinski definition) is 0. The third-order valence-corrected chi connectivity index (χ3v) is 4.79. The van der Waals surface area contributed by atoms with Crippen LogP contribution in [0.5, 0.6) is 0 Å². The minimum absolute atomic E-state index is 0.698. The van der Waals surface area contributed by atoms with Gasteiger partial charge in [-0.2, -0.15) is 0 Å². The third kappa shape index (κ3) is 2.58. The minimum atomic E-state index is -1.07. The highest BCUT2D eigenvalue weighted by Crippen LogP contribution is 2.33. The normalized spacial score (nSPS) is 11.7. The standard InChI is InChI=1S/C12H12OPS/c1-14(13)9-15-12-8-4-6-10-5-2-3-7-11(10)12/h2-8H,9H2,1H3/q+1. The van der Waals surface area contributed by atoms with Gasteiger partial charge in [-0.15, -0.1) is 0 Å². The second kappa shape index (κ2) is 4.78. The van der Waals surface area contributed by atoms with E-state index in [0.29, 0.717) is 5.49 Å². The van der Waals surface area contributed by atoms with E-state index < -0.39 is 7.80 Å². The molecular weight excluding hydrogens is 223 g/mol. The summed E-state index contributed by atoms with van der Waals surface area (Å²) in [5.41, 5.74) is 0.698. The maximum atomic E-state index is 11.1. The van der Waals surface area contributed by atoms with Crippen LogP contribution in [-0.2, 0) is 4.57 Å². The first-order valence-corrected chi connectivity index (χ1v) is 7.64. The van der Waals surface area contributed by atoms with E-state index in [4.69, 9.17) is 0 Å². The van der Waals surface area contributed by atoms with Crippen molar-refractivity contribution in [3.63, 3.8) is 0 Å². The monoisotopic (exact) mass is 235 g/mol. The van der Waals surface area contributed by atoms with Crippen LogP contribution in [0.25, 0.3) is 10.8 Å². The Morgan fingerprint density at radius 1 is 1.13 bits per heavy atom. The highest BCUT2D eigenvalue weighted by atomic mass is 32.2. The molecule has 0 heterocycles. The van der Waals surface area contributed by atoms with Crippen molar-refractivity contribution in [2.75, 3.05) is 12.2 Å². The van der Waals surface area contributed by atoms with Crippen molar-refractivity contribution >= 4 is 30.3 Å². The lowest BCUT2D eigenvalue weighted by Gasteiger charge is -2.02. The quantitative estimate of drug-likeness (QED) is 0.581. The van der Waals surface area contributed by atoms with Crippen LogP contribution in [-0.4, -0.2) is 12.2 Å². The van der Waals surface area contributed by atoms with Crippen molar-refractivity contribution < 1.29 is 4.57 Å². The topological polar surface area (TPSA) is 17.1 Å². The molecule has 15 heavy (non-hydrogen) atoms. The van der Waals surface area contributed by atoms with Crippen LogP contribution in [0.3, 0.4) is 0 Å². The smallest absolute Gasteiger partial charge is 0.0742 e. The molecule has 1 atom stereocenters. The van der Waals surface area contributed by atoms with E-state index in [9.17, 15) is 4.57 Å². The van der Waals surface area contributed by atoms with Gasteiger partial charge in [0.15, 0.2) is 5.49 Å². The Morgan fingerprint density at radius 2 is 1.87 bits per heavy atom. The second-order valence-corrected chi connectivity index (χ2v) is 6.40. The fraction of sp³-hybridized carbons (Fsp3) is 0.167. The lowest BCUT2D eigenvalue weighted by Crippen LogP contribution is -1.77. The fourth-order valence-electron chi connectivity index (χ4n) is 1.48. The van der Waals surface area contributed by atoms with Gasteiger partial charge in [-0.05, 0) is 16.8 Å². The van der Waals surface area contributed by atoms with E-state index in [-0.39, 0.29) is 0 Å². The number of thioether (sulfide) groups is 1. The molecule has 2 aromatic carbocycles. The van der Waals surface area contributed by atoms with Crippen LogP contribution in [0.15, 0.2) is 47.4 Å². The first kappa shape index (κ1) is 10.7. The van der Waals surface area contributed by atoms with E-state index in [2.05, 4.69) is 24.3 Å². The number of benzene rings is 2. The molecule has 0 N–H and O–H groups in total. The van der Waals surface area contributed by atoms with Crippen molar-refractivity contribution in [1.29, 1.82) is 0 Å². The van der Waals surface area contributed by atoms with E-state index in [1.165, 1.54) is 15.7 Å². The third-order valence-electron chi connectivity index (χ3n) is 2.15. The van der Waals surface area contributed by atoms with E-state index in [1.54, 1.807) is 18.4 Å². The highest BCUT2D eigenvalue weighted by molar-refractivity contribution is 8.03. The Labute approximate surface area is 94.7 Å². The first-order chi connectivity index (χ1) is 7.27. The summed E-state index contributed by atoms with van der Waals surface area (Å²) in [6.07, 6.45) is 0. The number of fused-ring (bicyclic) bond motifs is 1. The van der Waals surface area contributed by atoms with Crippen molar-refractivity contribution in [2.45, 2.75) is 4.90 Å². The van der Waals surface area contributed by atoms with E-state index in [0.717, 1.165) is 0 Å². The number of hydrogen-bond acceptors (Lipinski definition) is 2. The van der Waals surface area contributed by atoms with Gasteiger partial charge < -0.3 is 0 Å². The molecule has 0 aromatic heterocycles.